The zero-order valence-electron chi connectivity index (χ0n) is 12.2. The van der Waals surface area contributed by atoms with Crippen molar-refractivity contribution in [2.75, 3.05) is 14.2 Å². The molecule has 22 heavy (non-hydrogen) atoms. The Morgan fingerprint density at radius 2 is 2.09 bits per heavy atom. The average Bonchev–Trinajstić information content (AvgIpc) is 2.43. The lowest BCUT2D eigenvalue weighted by Crippen LogP contribution is -2.37. The summed E-state index contributed by atoms with van der Waals surface area (Å²) in [6, 6.07) is 1.43. The van der Waals surface area contributed by atoms with Crippen LogP contribution in [0.25, 0.3) is 6.08 Å². The second-order valence-corrected chi connectivity index (χ2v) is 5.05. The number of esters is 1. The Morgan fingerprint density at radius 1 is 1.36 bits per heavy atom. The van der Waals surface area contributed by atoms with Gasteiger partial charge in [-0.05, 0) is 24.8 Å². The molecule has 4 nitrogen and oxygen atoms in total. The molecule has 1 aromatic rings. The quantitative estimate of drug-likeness (QED) is 0.798. The van der Waals surface area contributed by atoms with E-state index in [9.17, 15) is 18.0 Å². The lowest BCUT2D eigenvalue weighted by Gasteiger charge is -2.35. The van der Waals surface area contributed by atoms with Crippen LogP contribution >= 0.6 is 0 Å². The molecule has 0 amide bonds. The van der Waals surface area contributed by atoms with Crippen molar-refractivity contribution in [3.8, 4) is 5.75 Å². The molecule has 2 rings (SSSR count). The summed E-state index contributed by atoms with van der Waals surface area (Å²) in [6.45, 7) is 0. The van der Waals surface area contributed by atoms with Crippen molar-refractivity contribution in [3.63, 3.8) is 0 Å². The number of nitrogens with zero attached hydrogens (tertiary/aromatic N) is 1. The second kappa shape index (κ2) is 6.37. The fourth-order valence-corrected chi connectivity index (χ4v) is 2.37. The van der Waals surface area contributed by atoms with Gasteiger partial charge >= 0.3 is 12.1 Å². The molecule has 0 aromatic carbocycles. The van der Waals surface area contributed by atoms with Crippen LogP contribution in [0, 0.1) is 11.8 Å². The van der Waals surface area contributed by atoms with Crippen molar-refractivity contribution >= 4 is 12.0 Å². The van der Waals surface area contributed by atoms with E-state index in [-0.39, 0.29) is 12.1 Å². The van der Waals surface area contributed by atoms with Gasteiger partial charge in [-0.25, -0.2) is 9.78 Å². The van der Waals surface area contributed by atoms with Crippen LogP contribution in [0.4, 0.5) is 13.2 Å². The Morgan fingerprint density at radius 3 is 2.59 bits per heavy atom. The molecular formula is C15H16F3NO3. The molecule has 0 saturated heterocycles. The zero-order chi connectivity index (χ0) is 16.3. The van der Waals surface area contributed by atoms with E-state index in [1.165, 1.54) is 38.6 Å². The highest BCUT2D eigenvalue weighted by atomic mass is 19.4. The lowest BCUT2D eigenvalue weighted by atomic mass is 9.73. The van der Waals surface area contributed by atoms with Gasteiger partial charge in [0.15, 0.2) is 0 Å². The predicted octanol–water partition coefficient (Wildman–Crippen LogP) is 3.48. The first kappa shape index (κ1) is 16.3. The third-order valence-corrected chi connectivity index (χ3v) is 3.78. The van der Waals surface area contributed by atoms with Crippen LogP contribution in [0.5, 0.6) is 5.75 Å². The van der Waals surface area contributed by atoms with E-state index < -0.39 is 24.0 Å². The minimum Gasteiger partial charge on any atom is -0.495 e. The van der Waals surface area contributed by atoms with Gasteiger partial charge in [0.05, 0.1) is 26.3 Å². The van der Waals surface area contributed by atoms with Gasteiger partial charge in [0, 0.05) is 5.56 Å². The topological polar surface area (TPSA) is 48.4 Å². The Kier molecular flexibility index (Phi) is 4.73. The van der Waals surface area contributed by atoms with Gasteiger partial charge in [-0.15, -0.1) is 0 Å². The molecule has 1 saturated carbocycles. The maximum absolute atomic E-state index is 12.7. The summed E-state index contributed by atoms with van der Waals surface area (Å²) in [4.78, 5) is 15.3. The summed E-state index contributed by atoms with van der Waals surface area (Å²) in [5, 5.41) is 0. The molecule has 2 unspecified atom stereocenters. The van der Waals surface area contributed by atoms with Gasteiger partial charge in [0.1, 0.15) is 11.4 Å². The number of carbonyl (C=O) groups excluding carboxylic acids is 1. The lowest BCUT2D eigenvalue weighted by molar-refractivity contribution is -0.206. The molecule has 0 bridgehead atoms. The van der Waals surface area contributed by atoms with E-state index in [1.807, 2.05) is 0 Å². The highest BCUT2D eigenvalue weighted by Gasteiger charge is 2.48. The van der Waals surface area contributed by atoms with Gasteiger partial charge < -0.3 is 9.47 Å². The highest BCUT2D eigenvalue weighted by molar-refractivity contribution is 5.88. The number of hydrogen-bond acceptors (Lipinski definition) is 4. The van der Waals surface area contributed by atoms with Gasteiger partial charge in [-0.2, -0.15) is 13.2 Å². The summed E-state index contributed by atoms with van der Waals surface area (Å²) in [7, 11) is 2.65. The molecule has 1 fully saturated rings. The standard InChI is InChI=1S/C15H16F3NO3/c1-21-13-8-19-12(14(20)22-2)7-10(13)4-3-9-5-6-11(9)15(16,17)18/h3-4,7-9,11H,5-6H2,1-2H3/b4-3+. The zero-order valence-corrected chi connectivity index (χ0v) is 12.2. The SMILES string of the molecule is COC(=O)c1cc(/C=C/C2CCC2C(F)(F)F)c(OC)cn1. The van der Waals surface area contributed by atoms with Gasteiger partial charge in [0.2, 0.25) is 0 Å². The van der Waals surface area contributed by atoms with Crippen molar-refractivity contribution in [1.82, 2.24) is 4.98 Å². The van der Waals surface area contributed by atoms with E-state index in [2.05, 4.69) is 9.72 Å². The molecule has 0 aliphatic heterocycles. The van der Waals surface area contributed by atoms with Gasteiger partial charge in [-0.1, -0.05) is 12.2 Å². The minimum absolute atomic E-state index is 0.0731. The summed E-state index contributed by atoms with van der Waals surface area (Å²) in [5.74, 6) is -2.07. The molecule has 0 radical (unpaired) electrons. The molecule has 0 spiro atoms. The summed E-state index contributed by atoms with van der Waals surface area (Å²) < 4.78 is 47.8. The van der Waals surface area contributed by atoms with E-state index in [0.717, 1.165) is 0 Å². The Bertz CT molecular complexity index is 584. The fraction of sp³-hybridized carbons (Fsp3) is 0.467. The van der Waals surface area contributed by atoms with Crippen LogP contribution in [0.1, 0.15) is 28.9 Å². The maximum Gasteiger partial charge on any atom is 0.392 e. The van der Waals surface area contributed by atoms with Crippen molar-refractivity contribution < 1.29 is 27.4 Å². The molecule has 2 atom stereocenters. The molecule has 120 valence electrons. The van der Waals surface area contributed by atoms with E-state index >= 15 is 0 Å². The average molecular weight is 315 g/mol. The number of ether oxygens (including phenoxy) is 2. The van der Waals surface area contributed by atoms with Crippen LogP contribution in [0.3, 0.4) is 0 Å². The number of carbonyl (C=O) groups is 1. The minimum atomic E-state index is -4.17. The highest BCUT2D eigenvalue weighted by Crippen LogP contribution is 2.46. The predicted molar refractivity (Wildman–Crippen MR) is 73.4 cm³/mol. The Labute approximate surface area is 125 Å². The van der Waals surface area contributed by atoms with Crippen LogP contribution in [-0.4, -0.2) is 31.3 Å². The first-order valence-corrected chi connectivity index (χ1v) is 6.74. The van der Waals surface area contributed by atoms with Crippen LogP contribution in [0.2, 0.25) is 0 Å². The number of methoxy groups -OCH3 is 2. The number of halogens is 3. The Hall–Kier alpha value is -2.05. The smallest absolute Gasteiger partial charge is 0.392 e. The van der Waals surface area contributed by atoms with Crippen molar-refractivity contribution in [2.24, 2.45) is 11.8 Å². The molecule has 0 N–H and O–H groups in total. The summed E-state index contributed by atoms with van der Waals surface area (Å²) in [5.41, 5.74) is 0.564. The number of pyridine rings is 1. The molecule has 1 aliphatic carbocycles. The first-order chi connectivity index (χ1) is 10.4. The van der Waals surface area contributed by atoms with Crippen LogP contribution in [0.15, 0.2) is 18.3 Å². The van der Waals surface area contributed by atoms with Gasteiger partial charge in [-0.3, -0.25) is 0 Å². The molecule has 7 heteroatoms. The largest absolute Gasteiger partial charge is 0.495 e. The fourth-order valence-electron chi connectivity index (χ4n) is 2.37. The van der Waals surface area contributed by atoms with Crippen LogP contribution < -0.4 is 4.74 Å². The maximum atomic E-state index is 12.7. The van der Waals surface area contributed by atoms with Crippen molar-refractivity contribution in [1.29, 1.82) is 0 Å². The normalized spacial score (nSPS) is 21.5. The van der Waals surface area contributed by atoms with E-state index in [4.69, 9.17) is 4.74 Å². The Balaban J connectivity index is 2.21. The number of rotatable bonds is 4. The van der Waals surface area contributed by atoms with E-state index in [0.29, 0.717) is 17.7 Å². The number of hydrogen-bond donors (Lipinski definition) is 0. The number of aromatic nitrogens is 1. The number of alkyl halides is 3. The molecule has 1 aliphatic rings. The van der Waals surface area contributed by atoms with Crippen molar-refractivity contribution in [2.45, 2.75) is 19.0 Å². The van der Waals surface area contributed by atoms with Gasteiger partial charge in [0.25, 0.3) is 0 Å². The third-order valence-electron chi connectivity index (χ3n) is 3.78. The van der Waals surface area contributed by atoms with Crippen molar-refractivity contribution in [3.05, 3.63) is 29.6 Å². The molecular weight excluding hydrogens is 299 g/mol. The second-order valence-electron chi connectivity index (χ2n) is 5.05. The van der Waals surface area contributed by atoms with Crippen LogP contribution in [-0.2, 0) is 4.74 Å². The van der Waals surface area contributed by atoms with E-state index in [1.54, 1.807) is 0 Å². The number of allylic oxidation sites excluding steroid dienone is 1. The molecule has 1 aromatic heterocycles. The summed E-state index contributed by atoms with van der Waals surface area (Å²) in [6.07, 6.45) is 0.869. The summed E-state index contributed by atoms with van der Waals surface area (Å²) >= 11 is 0. The first-order valence-electron chi connectivity index (χ1n) is 6.74. The monoisotopic (exact) mass is 315 g/mol. The third kappa shape index (κ3) is 3.40. The molecule has 1 heterocycles.